The predicted molar refractivity (Wildman–Crippen MR) is 62.5 cm³/mol. The SMILES string of the molecule is CC(O)(CC1CCCC1)c1ccc(F)cc1. The molecule has 1 nitrogen and oxygen atoms in total. The molecule has 1 aliphatic carbocycles. The van der Waals surface area contributed by atoms with Crippen LogP contribution in [0.4, 0.5) is 4.39 Å². The lowest BCUT2D eigenvalue weighted by Crippen LogP contribution is -2.24. The maximum Gasteiger partial charge on any atom is 0.123 e. The monoisotopic (exact) mass is 222 g/mol. The number of benzene rings is 1. The zero-order valence-electron chi connectivity index (χ0n) is 9.75. The van der Waals surface area contributed by atoms with Crippen LogP contribution >= 0.6 is 0 Å². The number of rotatable bonds is 3. The van der Waals surface area contributed by atoms with Gasteiger partial charge < -0.3 is 5.11 Å². The van der Waals surface area contributed by atoms with Gasteiger partial charge in [0.2, 0.25) is 0 Å². The Balaban J connectivity index is 2.07. The van der Waals surface area contributed by atoms with Gasteiger partial charge in [-0.15, -0.1) is 0 Å². The van der Waals surface area contributed by atoms with Crippen LogP contribution in [0.15, 0.2) is 24.3 Å². The zero-order chi connectivity index (χ0) is 11.6. The molecule has 0 aliphatic heterocycles. The van der Waals surface area contributed by atoms with Gasteiger partial charge in [-0.25, -0.2) is 4.39 Å². The average Bonchev–Trinajstić information content (AvgIpc) is 2.70. The molecule has 0 aromatic heterocycles. The van der Waals surface area contributed by atoms with Crippen molar-refractivity contribution in [1.82, 2.24) is 0 Å². The molecule has 0 heterocycles. The van der Waals surface area contributed by atoms with Crippen LogP contribution in [0.3, 0.4) is 0 Å². The molecule has 0 radical (unpaired) electrons. The minimum absolute atomic E-state index is 0.250. The van der Waals surface area contributed by atoms with Gasteiger partial charge >= 0.3 is 0 Å². The molecule has 1 fully saturated rings. The highest BCUT2D eigenvalue weighted by molar-refractivity contribution is 5.22. The van der Waals surface area contributed by atoms with Crippen molar-refractivity contribution in [3.8, 4) is 0 Å². The van der Waals surface area contributed by atoms with Crippen molar-refractivity contribution >= 4 is 0 Å². The Morgan fingerprint density at radius 3 is 2.38 bits per heavy atom. The second-order valence-corrected chi connectivity index (χ2v) is 5.14. The van der Waals surface area contributed by atoms with E-state index in [0.29, 0.717) is 5.92 Å². The standard InChI is InChI=1S/C14H19FO/c1-14(16,10-11-4-2-3-5-11)12-6-8-13(15)9-7-12/h6-9,11,16H,2-5,10H2,1H3. The smallest absolute Gasteiger partial charge is 0.123 e. The molecule has 0 bridgehead atoms. The highest BCUT2D eigenvalue weighted by Crippen LogP contribution is 2.36. The number of hydrogen-bond donors (Lipinski definition) is 1. The molecule has 1 aliphatic rings. The highest BCUT2D eigenvalue weighted by Gasteiger charge is 2.28. The van der Waals surface area contributed by atoms with Crippen LogP contribution in [0.2, 0.25) is 0 Å². The fraction of sp³-hybridized carbons (Fsp3) is 0.571. The fourth-order valence-corrected chi connectivity index (χ4v) is 2.70. The van der Waals surface area contributed by atoms with Crippen LogP contribution in [0, 0.1) is 11.7 Å². The average molecular weight is 222 g/mol. The van der Waals surface area contributed by atoms with Gasteiger partial charge in [-0.2, -0.15) is 0 Å². The van der Waals surface area contributed by atoms with Crippen molar-refractivity contribution in [1.29, 1.82) is 0 Å². The first-order chi connectivity index (χ1) is 7.58. The Labute approximate surface area is 96.3 Å². The topological polar surface area (TPSA) is 20.2 Å². The molecule has 1 aromatic rings. The lowest BCUT2D eigenvalue weighted by atomic mass is 9.85. The predicted octanol–water partition coefficient (Wildman–Crippen LogP) is 3.61. The molecular formula is C14H19FO. The first-order valence-corrected chi connectivity index (χ1v) is 6.06. The van der Waals surface area contributed by atoms with E-state index in [2.05, 4.69) is 0 Å². The number of aliphatic hydroxyl groups is 1. The molecule has 1 atom stereocenters. The van der Waals surface area contributed by atoms with E-state index in [9.17, 15) is 9.50 Å². The summed E-state index contributed by atoms with van der Waals surface area (Å²) in [5.41, 5.74) is 0.00343. The first kappa shape index (κ1) is 11.6. The Morgan fingerprint density at radius 1 is 1.25 bits per heavy atom. The van der Waals surface area contributed by atoms with Gasteiger partial charge in [0.15, 0.2) is 0 Å². The summed E-state index contributed by atoms with van der Waals surface area (Å²) in [4.78, 5) is 0. The molecule has 16 heavy (non-hydrogen) atoms. The lowest BCUT2D eigenvalue weighted by molar-refractivity contribution is 0.0307. The van der Waals surface area contributed by atoms with Crippen molar-refractivity contribution < 1.29 is 9.50 Å². The second kappa shape index (κ2) is 4.54. The Kier molecular flexibility index (Phi) is 3.29. The van der Waals surface area contributed by atoms with Crippen LogP contribution in [-0.2, 0) is 5.60 Å². The van der Waals surface area contributed by atoms with E-state index >= 15 is 0 Å². The fourth-order valence-electron chi connectivity index (χ4n) is 2.70. The molecule has 1 N–H and O–H groups in total. The van der Waals surface area contributed by atoms with Crippen LogP contribution < -0.4 is 0 Å². The minimum atomic E-state index is -0.817. The van der Waals surface area contributed by atoms with Gasteiger partial charge in [-0.1, -0.05) is 37.8 Å². The minimum Gasteiger partial charge on any atom is -0.385 e. The third-order valence-electron chi connectivity index (χ3n) is 3.63. The molecule has 2 rings (SSSR count). The third kappa shape index (κ3) is 2.62. The van der Waals surface area contributed by atoms with Gasteiger partial charge in [0, 0.05) is 0 Å². The molecule has 2 heteroatoms. The van der Waals surface area contributed by atoms with Crippen molar-refractivity contribution in [2.24, 2.45) is 5.92 Å². The summed E-state index contributed by atoms with van der Waals surface area (Å²) in [5, 5.41) is 10.4. The van der Waals surface area contributed by atoms with Crippen molar-refractivity contribution in [3.05, 3.63) is 35.6 Å². The summed E-state index contributed by atoms with van der Waals surface area (Å²) in [6.45, 7) is 1.83. The van der Waals surface area contributed by atoms with E-state index in [1.165, 1.54) is 37.8 Å². The van der Waals surface area contributed by atoms with Gasteiger partial charge in [0.25, 0.3) is 0 Å². The lowest BCUT2D eigenvalue weighted by Gasteiger charge is -2.27. The highest BCUT2D eigenvalue weighted by atomic mass is 19.1. The molecule has 1 saturated carbocycles. The summed E-state index contributed by atoms with van der Waals surface area (Å²) >= 11 is 0. The first-order valence-electron chi connectivity index (χ1n) is 6.06. The Morgan fingerprint density at radius 2 is 1.81 bits per heavy atom. The van der Waals surface area contributed by atoms with E-state index in [0.717, 1.165) is 12.0 Å². The number of hydrogen-bond acceptors (Lipinski definition) is 1. The molecule has 0 saturated heterocycles. The van der Waals surface area contributed by atoms with E-state index < -0.39 is 5.60 Å². The second-order valence-electron chi connectivity index (χ2n) is 5.14. The molecular weight excluding hydrogens is 203 g/mol. The maximum absolute atomic E-state index is 12.8. The molecule has 0 spiro atoms. The largest absolute Gasteiger partial charge is 0.385 e. The molecule has 88 valence electrons. The van der Waals surface area contributed by atoms with Gasteiger partial charge in [-0.05, 0) is 37.0 Å². The van der Waals surface area contributed by atoms with Crippen molar-refractivity contribution in [2.75, 3.05) is 0 Å². The molecule has 0 amide bonds. The van der Waals surface area contributed by atoms with Crippen LogP contribution in [0.25, 0.3) is 0 Å². The summed E-state index contributed by atoms with van der Waals surface area (Å²) < 4.78 is 12.8. The Hall–Kier alpha value is -0.890. The molecule has 1 unspecified atom stereocenters. The van der Waals surface area contributed by atoms with Crippen molar-refractivity contribution in [3.63, 3.8) is 0 Å². The number of halogens is 1. The summed E-state index contributed by atoms with van der Waals surface area (Å²) in [6, 6.07) is 6.20. The van der Waals surface area contributed by atoms with Crippen molar-refractivity contribution in [2.45, 2.75) is 44.6 Å². The summed E-state index contributed by atoms with van der Waals surface area (Å²) in [5.74, 6) is 0.375. The third-order valence-corrected chi connectivity index (χ3v) is 3.63. The van der Waals surface area contributed by atoms with E-state index in [4.69, 9.17) is 0 Å². The van der Waals surface area contributed by atoms with E-state index in [-0.39, 0.29) is 5.82 Å². The van der Waals surface area contributed by atoms with Crippen LogP contribution in [0.1, 0.15) is 44.6 Å². The van der Waals surface area contributed by atoms with Crippen LogP contribution in [0.5, 0.6) is 0 Å². The maximum atomic E-state index is 12.8. The van der Waals surface area contributed by atoms with Gasteiger partial charge in [-0.3, -0.25) is 0 Å². The normalized spacial score (nSPS) is 20.9. The van der Waals surface area contributed by atoms with E-state index in [1.807, 2.05) is 6.92 Å². The van der Waals surface area contributed by atoms with Gasteiger partial charge in [0.1, 0.15) is 5.82 Å². The van der Waals surface area contributed by atoms with E-state index in [1.54, 1.807) is 12.1 Å². The molecule has 1 aromatic carbocycles. The van der Waals surface area contributed by atoms with Gasteiger partial charge in [0.05, 0.1) is 5.60 Å². The summed E-state index contributed by atoms with van der Waals surface area (Å²) in [6.07, 6.45) is 5.79. The quantitative estimate of drug-likeness (QED) is 0.828. The summed E-state index contributed by atoms with van der Waals surface area (Å²) in [7, 11) is 0. The zero-order valence-corrected chi connectivity index (χ0v) is 9.75. The van der Waals surface area contributed by atoms with Crippen LogP contribution in [-0.4, -0.2) is 5.11 Å². The Bertz CT molecular complexity index is 336.